The first-order valence-electron chi connectivity index (χ1n) is 22.0. The number of amidine groups is 1. The van der Waals surface area contributed by atoms with Gasteiger partial charge in [0.15, 0.2) is 11.4 Å². The van der Waals surface area contributed by atoms with Crippen LogP contribution in [0.25, 0.3) is 94.1 Å². The van der Waals surface area contributed by atoms with Crippen LogP contribution in [-0.2, 0) is 6.54 Å². The van der Waals surface area contributed by atoms with Crippen LogP contribution in [0, 0.1) is 0 Å². The zero-order chi connectivity index (χ0) is 44.0. The molecular weight excluding hydrogens is 809 g/mol. The van der Waals surface area contributed by atoms with Gasteiger partial charge in [0.05, 0.1) is 28.6 Å². The van der Waals surface area contributed by atoms with E-state index in [-0.39, 0.29) is 0 Å². The Balaban J connectivity index is 1.08. The van der Waals surface area contributed by atoms with E-state index in [0.29, 0.717) is 29.8 Å². The van der Waals surface area contributed by atoms with Crippen molar-refractivity contribution in [2.45, 2.75) is 6.54 Å². The van der Waals surface area contributed by atoms with Crippen LogP contribution in [0.2, 0.25) is 0 Å². The molecule has 0 saturated heterocycles. The van der Waals surface area contributed by atoms with E-state index in [1.807, 2.05) is 48.5 Å². The number of hydrogen-bond acceptors (Lipinski definition) is 3. The van der Waals surface area contributed by atoms with Crippen LogP contribution >= 0.6 is 0 Å². The molecule has 0 aliphatic carbocycles. The highest BCUT2D eigenvalue weighted by Crippen LogP contribution is 2.41. The fourth-order valence-corrected chi connectivity index (χ4v) is 9.26. The third kappa shape index (κ3) is 6.78. The van der Waals surface area contributed by atoms with E-state index in [0.717, 1.165) is 88.2 Å². The second-order valence-corrected chi connectivity index (χ2v) is 16.3. The molecule has 12 rings (SSSR count). The van der Waals surface area contributed by atoms with Gasteiger partial charge in [0, 0.05) is 38.4 Å². The second kappa shape index (κ2) is 16.3. The van der Waals surface area contributed by atoms with Crippen molar-refractivity contribution in [3.05, 3.63) is 230 Å². The predicted octanol–water partition coefficient (Wildman–Crippen LogP) is 14.6. The van der Waals surface area contributed by atoms with Gasteiger partial charge in [-0.2, -0.15) is 4.99 Å². The lowest BCUT2D eigenvalue weighted by molar-refractivity contribution is 0.620. The summed E-state index contributed by atoms with van der Waals surface area (Å²) < 4.78 is 11.0. The molecule has 0 unspecified atom stereocenters. The highest BCUT2D eigenvalue weighted by Gasteiger charge is 2.23. The summed E-state index contributed by atoms with van der Waals surface area (Å²) in [5.74, 6) is 1.55. The van der Waals surface area contributed by atoms with E-state index in [9.17, 15) is 0 Å². The largest absolute Gasteiger partial charge is 0.436 e. The summed E-state index contributed by atoms with van der Waals surface area (Å²) in [5.41, 5.74) is 13.9. The van der Waals surface area contributed by atoms with Gasteiger partial charge >= 0.3 is 0 Å². The summed E-state index contributed by atoms with van der Waals surface area (Å²) in [4.78, 5) is 20.3. The van der Waals surface area contributed by atoms with E-state index in [1.165, 1.54) is 5.56 Å². The Kier molecular flexibility index (Phi) is 9.57. The van der Waals surface area contributed by atoms with Crippen LogP contribution in [0.15, 0.2) is 238 Å². The number of fused-ring (bicyclic) bond motifs is 8. The number of para-hydroxylation sites is 2. The van der Waals surface area contributed by atoms with Gasteiger partial charge in [-0.1, -0.05) is 170 Å². The molecule has 3 heterocycles. The molecule has 0 radical (unpaired) electrons. The molecule has 0 spiro atoms. The van der Waals surface area contributed by atoms with Gasteiger partial charge in [0.2, 0.25) is 11.9 Å². The van der Waals surface area contributed by atoms with Crippen LogP contribution in [0.3, 0.4) is 0 Å². The molecule has 0 aliphatic heterocycles. The quantitative estimate of drug-likeness (QED) is 0.118. The first-order valence-corrected chi connectivity index (χ1v) is 22.0. The zero-order valence-corrected chi connectivity index (χ0v) is 35.8. The summed E-state index contributed by atoms with van der Waals surface area (Å²) in [5, 5.41) is 4.39. The first kappa shape index (κ1) is 38.7. The average Bonchev–Trinajstić information content (AvgIpc) is 4.08. The normalized spacial score (nSPS) is 12.2. The maximum Gasteiger partial charge on any atom is 0.232 e. The van der Waals surface area contributed by atoms with Gasteiger partial charge in [-0.25, -0.2) is 15.0 Å². The molecule has 0 N–H and O–H groups in total. The van der Waals surface area contributed by atoms with Crippen molar-refractivity contribution in [2.75, 3.05) is 0 Å². The van der Waals surface area contributed by atoms with Crippen molar-refractivity contribution < 1.29 is 4.42 Å². The minimum Gasteiger partial charge on any atom is -0.436 e. The Labute approximate surface area is 380 Å². The van der Waals surface area contributed by atoms with Crippen molar-refractivity contribution in [3.8, 4) is 39.4 Å². The highest BCUT2D eigenvalue weighted by molar-refractivity contribution is 6.26. The second-order valence-electron chi connectivity index (χ2n) is 16.3. The van der Waals surface area contributed by atoms with E-state index in [2.05, 4.69) is 191 Å². The Morgan fingerprint density at radius 1 is 0.500 bits per heavy atom. The number of benzene rings is 9. The Bertz CT molecular complexity index is 3840. The lowest BCUT2D eigenvalue weighted by Gasteiger charge is -2.13. The van der Waals surface area contributed by atoms with Gasteiger partial charge in [-0.05, 0) is 83.1 Å². The number of nitrogens with zero attached hydrogens (tertiary/aromatic N) is 6. The maximum absolute atomic E-state index is 6.42. The number of oxazole rings is 1. The molecule has 0 amide bonds. The maximum atomic E-state index is 6.42. The first-order chi connectivity index (χ1) is 32.7. The monoisotopic (exact) mass is 848 g/mol. The molecule has 312 valence electrons. The van der Waals surface area contributed by atoms with Crippen LogP contribution in [0.4, 0.5) is 0 Å². The fourth-order valence-electron chi connectivity index (χ4n) is 9.26. The highest BCUT2D eigenvalue weighted by atomic mass is 16.3. The lowest BCUT2D eigenvalue weighted by Crippen LogP contribution is -2.14. The third-order valence-corrected chi connectivity index (χ3v) is 12.4. The van der Waals surface area contributed by atoms with Crippen molar-refractivity contribution in [1.29, 1.82) is 0 Å². The molecule has 0 fully saturated rings. The molecular formula is C59H40N6O. The van der Waals surface area contributed by atoms with Gasteiger partial charge in [0.1, 0.15) is 5.52 Å². The van der Waals surface area contributed by atoms with E-state index in [4.69, 9.17) is 19.4 Å². The van der Waals surface area contributed by atoms with Crippen LogP contribution in [-0.4, -0.2) is 32.6 Å². The van der Waals surface area contributed by atoms with E-state index in [1.54, 1.807) is 0 Å². The third-order valence-electron chi connectivity index (χ3n) is 12.4. The molecule has 7 nitrogen and oxygen atoms in total. The van der Waals surface area contributed by atoms with Crippen LogP contribution in [0.5, 0.6) is 0 Å². The lowest BCUT2D eigenvalue weighted by atomic mass is 10.0. The van der Waals surface area contributed by atoms with E-state index < -0.39 is 0 Å². The number of hydrogen-bond donors (Lipinski definition) is 0. The topological polar surface area (TPSA) is 73.0 Å². The summed E-state index contributed by atoms with van der Waals surface area (Å²) >= 11 is 0. The molecule has 66 heavy (non-hydrogen) atoms. The average molecular weight is 849 g/mol. The molecule has 0 atom stereocenters. The Morgan fingerprint density at radius 3 is 1.82 bits per heavy atom. The number of rotatable bonds is 7. The molecule has 3 aromatic heterocycles. The van der Waals surface area contributed by atoms with Crippen molar-refractivity contribution in [2.24, 2.45) is 15.0 Å². The fraction of sp³-hybridized carbons (Fsp3) is 0.0169. The van der Waals surface area contributed by atoms with Crippen LogP contribution in [0.1, 0.15) is 11.1 Å². The minimum absolute atomic E-state index is 0.381. The number of aromatic nitrogens is 3. The van der Waals surface area contributed by atoms with Gasteiger partial charge in [0.25, 0.3) is 0 Å². The summed E-state index contributed by atoms with van der Waals surface area (Å²) in [6, 6.07) is 75.5. The summed E-state index contributed by atoms with van der Waals surface area (Å²) in [6.07, 6.45) is 0. The summed E-state index contributed by atoms with van der Waals surface area (Å²) in [7, 11) is 0. The Morgan fingerprint density at radius 2 is 1.09 bits per heavy atom. The molecule has 12 aromatic rings. The van der Waals surface area contributed by atoms with Crippen LogP contribution < -0.4 is 0 Å². The molecule has 0 saturated carbocycles. The van der Waals surface area contributed by atoms with E-state index >= 15 is 0 Å². The smallest absolute Gasteiger partial charge is 0.232 e. The molecule has 7 heteroatoms. The molecule has 0 aliphatic rings. The van der Waals surface area contributed by atoms with Gasteiger partial charge in [-0.3, -0.25) is 4.57 Å². The SMILES string of the molecule is C=NC(=NC(=NCc1cccc(-c2ccccc2)c1)n1c2ccccc2c2ccc3c4ccccc4n(-c4ccc5oc(-c6ccc(-c7ccccc7)cc6)nc5c4)c3c21)c1ccccc1. The summed E-state index contributed by atoms with van der Waals surface area (Å²) in [6.45, 7) is 4.37. The van der Waals surface area contributed by atoms with Crippen molar-refractivity contribution in [1.82, 2.24) is 14.1 Å². The predicted molar refractivity (Wildman–Crippen MR) is 273 cm³/mol. The van der Waals surface area contributed by atoms with Crippen molar-refractivity contribution in [3.63, 3.8) is 0 Å². The molecule has 9 aromatic carbocycles. The van der Waals surface area contributed by atoms with Gasteiger partial charge in [-0.15, -0.1) is 0 Å². The van der Waals surface area contributed by atoms with Crippen molar-refractivity contribution >= 4 is 73.2 Å². The molecule has 0 bridgehead atoms. The standard InChI is InChI=1S/C59H40N6O/c1-60-57(43-21-9-4-10-22-43)63-59(61-38-39-16-15-23-45(36-39)41-19-7-3-8-20-41)65-53-27-14-12-25-48(53)50-34-33-49-47-24-11-13-26-52(47)64(55(49)56(50)65)46-32-35-54-51(37-46)62-58(66-54)44-30-28-42(29-31-44)40-17-5-2-6-18-40/h2-37H,1,38H2. The zero-order valence-electron chi connectivity index (χ0n) is 35.8. The Hall–Kier alpha value is -8.94. The number of aliphatic imine (C=N–C) groups is 3. The minimum atomic E-state index is 0.381. The van der Waals surface area contributed by atoms with Gasteiger partial charge < -0.3 is 8.98 Å².